The van der Waals surface area contributed by atoms with Crippen LogP contribution in [0.15, 0.2) is 46.9 Å². The van der Waals surface area contributed by atoms with E-state index in [1.165, 1.54) is 11.1 Å². The van der Waals surface area contributed by atoms with Gasteiger partial charge in [-0.25, -0.2) is 0 Å². The molecule has 0 amide bonds. The highest BCUT2D eigenvalue weighted by Gasteiger charge is 2.18. The zero-order chi connectivity index (χ0) is 13.9. The van der Waals surface area contributed by atoms with Crippen LogP contribution >= 0.6 is 27.5 Å². The van der Waals surface area contributed by atoms with E-state index in [4.69, 9.17) is 11.6 Å². The third kappa shape index (κ3) is 3.00. The fourth-order valence-corrected chi connectivity index (χ4v) is 3.14. The molecule has 0 saturated heterocycles. The summed E-state index contributed by atoms with van der Waals surface area (Å²) in [4.78, 5) is 0. The van der Waals surface area contributed by atoms with Crippen LogP contribution in [0, 0.1) is 0 Å². The molecule has 2 aromatic rings. The monoisotopic (exact) mass is 350 g/mol. The Morgan fingerprint density at radius 2 is 2.05 bits per heavy atom. The molecule has 0 bridgehead atoms. The first-order chi connectivity index (χ1) is 9.74. The van der Waals surface area contributed by atoms with Gasteiger partial charge in [0.05, 0.1) is 11.7 Å². The van der Waals surface area contributed by atoms with Gasteiger partial charge < -0.3 is 10.6 Å². The molecule has 20 heavy (non-hydrogen) atoms. The molecule has 0 fully saturated rings. The first-order valence-electron chi connectivity index (χ1n) is 6.74. The van der Waals surface area contributed by atoms with Crippen molar-refractivity contribution in [3.63, 3.8) is 0 Å². The Hall–Kier alpha value is -1.03. The van der Waals surface area contributed by atoms with Crippen LogP contribution in [0.5, 0.6) is 0 Å². The minimum Gasteiger partial charge on any atom is -0.377 e. The minimum absolute atomic E-state index is 0.302. The molecule has 0 aromatic heterocycles. The Balaban J connectivity index is 1.92. The number of nitrogens with one attached hydrogen (secondary N) is 2. The lowest BCUT2D eigenvalue weighted by molar-refractivity contribution is 0.637. The Kier molecular flexibility index (Phi) is 4.29. The molecule has 1 aliphatic heterocycles. The molecule has 0 radical (unpaired) electrons. The maximum atomic E-state index is 6.09. The van der Waals surface area contributed by atoms with Crippen LogP contribution in [0.4, 0.5) is 5.69 Å². The van der Waals surface area contributed by atoms with E-state index in [0.29, 0.717) is 6.04 Å². The van der Waals surface area contributed by atoms with Crippen molar-refractivity contribution in [3.8, 4) is 0 Å². The van der Waals surface area contributed by atoms with Gasteiger partial charge in [-0.15, -0.1) is 0 Å². The maximum Gasteiger partial charge on any atom is 0.0529 e. The second-order valence-corrected chi connectivity index (χ2v) is 6.28. The lowest BCUT2D eigenvalue weighted by Gasteiger charge is -2.21. The first kappa shape index (κ1) is 13.9. The SMILES string of the molecule is Clc1ccc(Br)c(NC2CCNCc3ccccc32)c1. The molecule has 0 saturated carbocycles. The number of hydrogen-bond donors (Lipinski definition) is 2. The van der Waals surface area contributed by atoms with E-state index in [-0.39, 0.29) is 0 Å². The van der Waals surface area contributed by atoms with Crippen molar-refractivity contribution in [2.45, 2.75) is 19.0 Å². The highest BCUT2D eigenvalue weighted by atomic mass is 79.9. The highest BCUT2D eigenvalue weighted by Crippen LogP contribution is 2.32. The molecular weight excluding hydrogens is 336 g/mol. The van der Waals surface area contributed by atoms with Crippen molar-refractivity contribution >= 4 is 33.2 Å². The van der Waals surface area contributed by atoms with Crippen molar-refractivity contribution < 1.29 is 0 Å². The van der Waals surface area contributed by atoms with Gasteiger partial charge in [0.15, 0.2) is 0 Å². The smallest absolute Gasteiger partial charge is 0.0529 e. The summed E-state index contributed by atoms with van der Waals surface area (Å²) in [6.45, 7) is 1.94. The molecule has 2 aromatic carbocycles. The second kappa shape index (κ2) is 6.17. The minimum atomic E-state index is 0.302. The molecule has 1 unspecified atom stereocenters. The van der Waals surface area contributed by atoms with Gasteiger partial charge in [0.1, 0.15) is 0 Å². The Labute approximate surface area is 132 Å². The van der Waals surface area contributed by atoms with Gasteiger partial charge in [0.2, 0.25) is 0 Å². The number of rotatable bonds is 2. The van der Waals surface area contributed by atoms with Gasteiger partial charge in [0, 0.05) is 16.0 Å². The lowest BCUT2D eigenvalue weighted by atomic mass is 9.99. The fourth-order valence-electron chi connectivity index (χ4n) is 2.61. The number of anilines is 1. The summed E-state index contributed by atoms with van der Waals surface area (Å²) in [5, 5.41) is 7.83. The van der Waals surface area contributed by atoms with Gasteiger partial charge in [0.25, 0.3) is 0 Å². The Bertz CT molecular complexity index is 615. The van der Waals surface area contributed by atoms with Gasteiger partial charge in [-0.3, -0.25) is 0 Å². The van der Waals surface area contributed by atoms with Crippen LogP contribution in [0.2, 0.25) is 5.02 Å². The van der Waals surface area contributed by atoms with E-state index < -0.39 is 0 Å². The molecule has 0 spiro atoms. The van der Waals surface area contributed by atoms with Crippen molar-refractivity contribution in [1.82, 2.24) is 5.32 Å². The zero-order valence-electron chi connectivity index (χ0n) is 11.0. The molecule has 4 heteroatoms. The van der Waals surface area contributed by atoms with Crippen LogP contribution in [0.1, 0.15) is 23.6 Å². The molecular formula is C16H16BrClN2. The average molecular weight is 352 g/mol. The maximum absolute atomic E-state index is 6.09. The molecule has 1 heterocycles. The quantitative estimate of drug-likeness (QED) is 0.816. The number of fused-ring (bicyclic) bond motifs is 1. The third-order valence-corrected chi connectivity index (χ3v) is 4.54. The summed E-state index contributed by atoms with van der Waals surface area (Å²) >= 11 is 9.67. The first-order valence-corrected chi connectivity index (χ1v) is 7.91. The summed E-state index contributed by atoms with van der Waals surface area (Å²) in [5.41, 5.74) is 3.77. The number of benzene rings is 2. The largest absolute Gasteiger partial charge is 0.377 e. The summed E-state index contributed by atoms with van der Waals surface area (Å²) in [6, 6.07) is 14.7. The van der Waals surface area contributed by atoms with Crippen molar-refractivity contribution in [3.05, 3.63) is 63.1 Å². The standard InChI is InChI=1S/C16H16BrClN2/c17-14-6-5-12(18)9-16(14)20-15-7-8-19-10-11-3-1-2-4-13(11)15/h1-6,9,15,19-20H,7-8,10H2. The topological polar surface area (TPSA) is 24.1 Å². The Morgan fingerprint density at radius 1 is 1.20 bits per heavy atom. The normalized spacial score (nSPS) is 18.2. The van der Waals surface area contributed by atoms with Gasteiger partial charge in [-0.05, 0) is 58.2 Å². The molecule has 1 atom stereocenters. The van der Waals surface area contributed by atoms with Crippen molar-refractivity contribution in [1.29, 1.82) is 0 Å². The van der Waals surface area contributed by atoms with E-state index in [2.05, 4.69) is 50.8 Å². The molecule has 104 valence electrons. The van der Waals surface area contributed by atoms with E-state index in [0.717, 1.165) is 34.7 Å². The van der Waals surface area contributed by atoms with Crippen molar-refractivity contribution in [2.75, 3.05) is 11.9 Å². The summed E-state index contributed by atoms with van der Waals surface area (Å²) in [5.74, 6) is 0. The van der Waals surface area contributed by atoms with Gasteiger partial charge in [-0.2, -0.15) is 0 Å². The predicted octanol–water partition coefficient (Wildman–Crippen LogP) is 4.75. The van der Waals surface area contributed by atoms with Crippen molar-refractivity contribution in [2.24, 2.45) is 0 Å². The van der Waals surface area contributed by atoms with Gasteiger partial charge >= 0.3 is 0 Å². The fraction of sp³-hybridized carbons (Fsp3) is 0.250. The van der Waals surface area contributed by atoms with Crippen LogP contribution < -0.4 is 10.6 Å². The summed E-state index contributed by atoms with van der Waals surface area (Å²) in [6.07, 6.45) is 1.05. The van der Waals surface area contributed by atoms with Crippen LogP contribution in [0.25, 0.3) is 0 Å². The molecule has 0 aliphatic carbocycles. The molecule has 1 aliphatic rings. The number of hydrogen-bond acceptors (Lipinski definition) is 2. The predicted molar refractivity (Wildman–Crippen MR) is 88.3 cm³/mol. The third-order valence-electron chi connectivity index (χ3n) is 3.61. The van der Waals surface area contributed by atoms with E-state index in [1.807, 2.05) is 18.2 Å². The highest BCUT2D eigenvalue weighted by molar-refractivity contribution is 9.10. The van der Waals surface area contributed by atoms with Gasteiger partial charge in [-0.1, -0.05) is 35.9 Å². The summed E-state index contributed by atoms with van der Waals surface area (Å²) in [7, 11) is 0. The van der Waals surface area contributed by atoms with Crippen LogP contribution in [-0.4, -0.2) is 6.54 Å². The molecule has 2 N–H and O–H groups in total. The van der Waals surface area contributed by atoms with E-state index >= 15 is 0 Å². The molecule has 2 nitrogen and oxygen atoms in total. The molecule has 3 rings (SSSR count). The zero-order valence-corrected chi connectivity index (χ0v) is 13.3. The van der Waals surface area contributed by atoms with Crippen LogP contribution in [0.3, 0.4) is 0 Å². The van der Waals surface area contributed by atoms with E-state index in [1.54, 1.807) is 0 Å². The summed E-state index contributed by atoms with van der Waals surface area (Å²) < 4.78 is 1.04. The van der Waals surface area contributed by atoms with Crippen LogP contribution in [-0.2, 0) is 6.54 Å². The van der Waals surface area contributed by atoms with E-state index in [9.17, 15) is 0 Å². The average Bonchev–Trinajstić information content (AvgIpc) is 2.66. The Morgan fingerprint density at radius 3 is 2.95 bits per heavy atom. The lowest BCUT2D eigenvalue weighted by Crippen LogP contribution is -2.15. The number of halogens is 2. The second-order valence-electron chi connectivity index (χ2n) is 4.99.